The highest BCUT2D eigenvalue weighted by Gasteiger charge is 2.34. The Kier molecular flexibility index (Phi) is 11.5. The van der Waals surface area contributed by atoms with E-state index in [-0.39, 0.29) is 42.2 Å². The number of piperidine rings is 1. The average molecular weight is 505 g/mol. The number of benzene rings is 1. The maximum absolute atomic E-state index is 13.2. The van der Waals surface area contributed by atoms with Gasteiger partial charge in [-0.25, -0.2) is 0 Å². The Balaban J connectivity index is 1.85. The monoisotopic (exact) mass is 504 g/mol. The Bertz CT molecular complexity index is 981. The van der Waals surface area contributed by atoms with Gasteiger partial charge in [-0.2, -0.15) is 0 Å². The smallest absolute Gasteiger partial charge is 0.258 e. The van der Waals surface area contributed by atoms with Gasteiger partial charge in [0.2, 0.25) is 17.7 Å². The van der Waals surface area contributed by atoms with E-state index < -0.39 is 29.7 Å². The van der Waals surface area contributed by atoms with Crippen LogP contribution < -0.4 is 20.7 Å². The third-order valence-corrected chi connectivity index (χ3v) is 5.38. The van der Waals surface area contributed by atoms with Crippen molar-refractivity contribution in [3.8, 4) is 5.75 Å². The number of rotatable bonds is 14. The first-order valence-electron chi connectivity index (χ1n) is 11.6. The minimum absolute atomic E-state index is 0.0291. The molecule has 1 aromatic carbocycles. The number of carbonyl (C=O) groups is 6. The van der Waals surface area contributed by atoms with E-state index in [0.717, 1.165) is 4.90 Å². The second-order valence-corrected chi connectivity index (χ2v) is 8.16. The molecule has 3 N–H and O–H groups in total. The van der Waals surface area contributed by atoms with Crippen molar-refractivity contribution in [1.82, 2.24) is 20.9 Å². The van der Waals surface area contributed by atoms with E-state index in [9.17, 15) is 28.8 Å². The first-order chi connectivity index (χ1) is 17.2. The van der Waals surface area contributed by atoms with Gasteiger partial charge in [0, 0.05) is 52.3 Å². The first kappa shape index (κ1) is 28.4. The molecule has 36 heavy (non-hydrogen) atoms. The predicted molar refractivity (Wildman–Crippen MR) is 127 cm³/mol. The van der Waals surface area contributed by atoms with Crippen LogP contribution >= 0.6 is 0 Å². The summed E-state index contributed by atoms with van der Waals surface area (Å²) < 4.78 is 11.0. The summed E-state index contributed by atoms with van der Waals surface area (Å²) >= 11 is 0. The van der Waals surface area contributed by atoms with Crippen LogP contribution in [0, 0.1) is 0 Å². The fraction of sp³-hybridized carbons (Fsp3) is 0.500. The molecular weight excluding hydrogens is 472 g/mol. The lowest BCUT2D eigenvalue weighted by Gasteiger charge is -2.30. The number of aldehydes is 1. The SMILES string of the molecule is CC(=O)NCCCOCCCNC(=O)COc1cccc(C=O)c1C(=O)N(C)C1CCC(=O)NC1=O. The van der Waals surface area contributed by atoms with Gasteiger partial charge < -0.3 is 25.0 Å². The molecule has 0 aliphatic carbocycles. The highest BCUT2D eigenvalue weighted by molar-refractivity contribution is 6.07. The van der Waals surface area contributed by atoms with E-state index in [1.54, 1.807) is 0 Å². The largest absolute Gasteiger partial charge is 0.483 e. The molecule has 2 rings (SSSR count). The van der Waals surface area contributed by atoms with Crippen LogP contribution in [0.1, 0.15) is 53.3 Å². The van der Waals surface area contributed by atoms with Crippen LogP contribution in [0.15, 0.2) is 18.2 Å². The molecule has 1 heterocycles. The molecule has 1 saturated heterocycles. The van der Waals surface area contributed by atoms with Crippen molar-refractivity contribution in [3.63, 3.8) is 0 Å². The zero-order valence-electron chi connectivity index (χ0n) is 20.5. The van der Waals surface area contributed by atoms with Crippen molar-refractivity contribution in [2.24, 2.45) is 0 Å². The second kappa shape index (κ2) is 14.6. The van der Waals surface area contributed by atoms with E-state index >= 15 is 0 Å². The molecule has 0 aromatic heterocycles. The summed E-state index contributed by atoms with van der Waals surface area (Å²) in [6.45, 7) is 2.89. The summed E-state index contributed by atoms with van der Waals surface area (Å²) in [7, 11) is 1.41. The summed E-state index contributed by atoms with van der Waals surface area (Å²) in [5.41, 5.74) is -0.0205. The topological polar surface area (TPSA) is 160 Å². The molecule has 1 aliphatic rings. The fourth-order valence-corrected chi connectivity index (χ4v) is 3.50. The van der Waals surface area contributed by atoms with E-state index in [2.05, 4.69) is 16.0 Å². The standard InChI is InChI=1S/C24H32N4O8/c1-16(30)25-10-4-12-35-13-5-11-26-21(32)15-36-19-7-3-6-17(14-29)22(19)24(34)28(2)18-8-9-20(31)27-23(18)33/h3,6-7,14,18H,4-5,8-13,15H2,1-2H3,(H,25,30)(H,26,32)(H,27,31,33). The van der Waals surface area contributed by atoms with Gasteiger partial charge in [-0.15, -0.1) is 0 Å². The molecule has 1 fully saturated rings. The minimum atomic E-state index is -0.876. The lowest BCUT2D eigenvalue weighted by atomic mass is 10.0. The number of carbonyl (C=O) groups excluding carboxylic acids is 6. The molecule has 0 spiro atoms. The van der Waals surface area contributed by atoms with Gasteiger partial charge in [-0.1, -0.05) is 12.1 Å². The van der Waals surface area contributed by atoms with E-state index in [0.29, 0.717) is 45.4 Å². The minimum Gasteiger partial charge on any atom is -0.483 e. The maximum Gasteiger partial charge on any atom is 0.258 e. The molecule has 1 atom stereocenters. The third kappa shape index (κ3) is 8.77. The molecule has 0 radical (unpaired) electrons. The molecule has 1 aromatic rings. The van der Waals surface area contributed by atoms with Gasteiger partial charge >= 0.3 is 0 Å². The molecule has 0 bridgehead atoms. The van der Waals surface area contributed by atoms with Gasteiger partial charge in [0.05, 0.1) is 5.56 Å². The lowest BCUT2D eigenvalue weighted by molar-refractivity contribution is -0.136. The molecular formula is C24H32N4O8. The Hall–Kier alpha value is -3.80. The number of imide groups is 1. The van der Waals surface area contributed by atoms with Crippen molar-refractivity contribution in [3.05, 3.63) is 29.3 Å². The Morgan fingerprint density at radius 3 is 2.47 bits per heavy atom. The maximum atomic E-state index is 13.2. The van der Waals surface area contributed by atoms with Crippen LogP contribution in [0.5, 0.6) is 5.75 Å². The highest BCUT2D eigenvalue weighted by atomic mass is 16.5. The van der Waals surface area contributed by atoms with Crippen molar-refractivity contribution >= 4 is 35.8 Å². The normalized spacial score (nSPS) is 15.0. The lowest BCUT2D eigenvalue weighted by Crippen LogP contribution is -2.53. The Morgan fingerprint density at radius 1 is 1.14 bits per heavy atom. The van der Waals surface area contributed by atoms with Crippen LogP contribution in [-0.4, -0.2) is 86.7 Å². The summed E-state index contributed by atoms with van der Waals surface area (Å²) in [4.78, 5) is 72.4. The number of nitrogens with zero attached hydrogens (tertiary/aromatic N) is 1. The van der Waals surface area contributed by atoms with Crippen LogP contribution in [0.3, 0.4) is 0 Å². The van der Waals surface area contributed by atoms with Crippen molar-refractivity contribution in [2.45, 2.75) is 38.6 Å². The van der Waals surface area contributed by atoms with Gasteiger partial charge in [0.1, 0.15) is 11.8 Å². The average Bonchev–Trinajstić information content (AvgIpc) is 2.85. The molecule has 1 aliphatic heterocycles. The number of hydrogen-bond acceptors (Lipinski definition) is 8. The van der Waals surface area contributed by atoms with Crippen LogP contribution in [0.25, 0.3) is 0 Å². The van der Waals surface area contributed by atoms with Crippen LogP contribution in [0.4, 0.5) is 0 Å². The molecule has 5 amide bonds. The molecule has 1 unspecified atom stereocenters. The summed E-state index contributed by atoms with van der Waals surface area (Å²) in [6.07, 6.45) is 2.02. The van der Waals surface area contributed by atoms with Gasteiger partial charge in [0.15, 0.2) is 12.9 Å². The van der Waals surface area contributed by atoms with Gasteiger partial charge in [-0.05, 0) is 25.3 Å². The fourth-order valence-electron chi connectivity index (χ4n) is 3.50. The highest BCUT2D eigenvalue weighted by Crippen LogP contribution is 2.25. The summed E-state index contributed by atoms with van der Waals surface area (Å²) in [6, 6.07) is 3.53. The van der Waals surface area contributed by atoms with E-state index in [4.69, 9.17) is 9.47 Å². The zero-order chi connectivity index (χ0) is 26.5. The van der Waals surface area contributed by atoms with Gasteiger partial charge in [0.25, 0.3) is 11.8 Å². The number of ether oxygens (including phenoxy) is 2. The Labute approximate surface area is 209 Å². The molecule has 12 heteroatoms. The number of hydrogen-bond donors (Lipinski definition) is 3. The van der Waals surface area contributed by atoms with Crippen molar-refractivity contribution < 1.29 is 38.2 Å². The quantitative estimate of drug-likeness (QED) is 0.178. The molecule has 196 valence electrons. The van der Waals surface area contributed by atoms with E-state index in [1.165, 1.54) is 32.2 Å². The van der Waals surface area contributed by atoms with Crippen molar-refractivity contribution in [1.29, 1.82) is 0 Å². The Morgan fingerprint density at radius 2 is 1.83 bits per heavy atom. The van der Waals surface area contributed by atoms with Crippen molar-refractivity contribution in [2.75, 3.05) is 40.0 Å². The molecule has 12 nitrogen and oxygen atoms in total. The number of amides is 5. The van der Waals surface area contributed by atoms with Crippen LogP contribution in [-0.2, 0) is 23.9 Å². The second-order valence-electron chi connectivity index (χ2n) is 8.16. The number of likely N-dealkylation sites (N-methyl/N-ethyl adjacent to an activating group) is 1. The summed E-state index contributed by atoms with van der Waals surface area (Å²) in [5.74, 6) is -2.12. The van der Waals surface area contributed by atoms with Crippen LogP contribution in [0.2, 0.25) is 0 Å². The first-order valence-corrected chi connectivity index (χ1v) is 11.6. The van der Waals surface area contributed by atoms with E-state index in [1.807, 2.05) is 0 Å². The number of nitrogens with one attached hydrogen (secondary N) is 3. The molecule has 0 saturated carbocycles. The summed E-state index contributed by atoms with van der Waals surface area (Å²) in [5, 5.41) is 7.55. The predicted octanol–water partition coefficient (Wildman–Crippen LogP) is -0.196. The third-order valence-electron chi connectivity index (χ3n) is 5.38. The zero-order valence-corrected chi connectivity index (χ0v) is 20.5. The van der Waals surface area contributed by atoms with Gasteiger partial charge in [-0.3, -0.25) is 34.1 Å².